The van der Waals surface area contributed by atoms with E-state index in [-0.39, 0.29) is 0 Å². The van der Waals surface area contributed by atoms with Gasteiger partial charge in [0.1, 0.15) is 12.4 Å². The van der Waals surface area contributed by atoms with Crippen LogP contribution < -0.4 is 10.1 Å². The standard InChI is InChI=1S/C16H19NO2/c1-2-9-18-15-6-4-3-5-12(15)11-17-14-10-13-7-8-16(14)19-13/h1,3-6,13-14,16-17H,7-11H2. The number of benzene rings is 1. The third-order valence-corrected chi connectivity index (χ3v) is 3.94. The molecule has 2 aliphatic rings. The Morgan fingerprint density at radius 1 is 1.37 bits per heavy atom. The van der Waals surface area contributed by atoms with Gasteiger partial charge in [-0.3, -0.25) is 0 Å². The lowest BCUT2D eigenvalue weighted by Gasteiger charge is -2.20. The van der Waals surface area contributed by atoms with Crippen LogP contribution in [0.4, 0.5) is 0 Å². The quantitative estimate of drug-likeness (QED) is 0.820. The van der Waals surface area contributed by atoms with Crippen LogP contribution in [0.3, 0.4) is 0 Å². The zero-order chi connectivity index (χ0) is 13.1. The molecule has 0 spiro atoms. The molecule has 2 bridgehead atoms. The number of hydrogen-bond donors (Lipinski definition) is 1. The first-order valence-electron chi connectivity index (χ1n) is 6.90. The van der Waals surface area contributed by atoms with Gasteiger partial charge in [0.15, 0.2) is 0 Å². The van der Waals surface area contributed by atoms with Gasteiger partial charge >= 0.3 is 0 Å². The maximum atomic E-state index is 5.85. The summed E-state index contributed by atoms with van der Waals surface area (Å²) < 4.78 is 11.4. The molecule has 3 rings (SSSR count). The molecule has 0 aliphatic carbocycles. The highest BCUT2D eigenvalue weighted by Gasteiger charge is 2.40. The first kappa shape index (κ1) is 12.5. The molecule has 0 saturated carbocycles. The predicted molar refractivity (Wildman–Crippen MR) is 73.9 cm³/mol. The number of terminal acetylenes is 1. The van der Waals surface area contributed by atoms with Crippen LogP contribution in [0.1, 0.15) is 24.8 Å². The van der Waals surface area contributed by atoms with Crippen LogP contribution in [0.5, 0.6) is 5.75 Å². The molecule has 1 aromatic carbocycles. The SMILES string of the molecule is C#CCOc1ccccc1CNC1CC2CCC1O2. The minimum absolute atomic E-state index is 0.314. The minimum atomic E-state index is 0.314. The number of ether oxygens (including phenoxy) is 2. The lowest BCUT2D eigenvalue weighted by atomic mass is 9.95. The topological polar surface area (TPSA) is 30.5 Å². The number of fused-ring (bicyclic) bond motifs is 2. The molecule has 0 amide bonds. The Bertz CT molecular complexity index is 480. The molecule has 100 valence electrons. The summed E-state index contributed by atoms with van der Waals surface area (Å²) in [6, 6.07) is 8.52. The second-order valence-electron chi connectivity index (χ2n) is 5.20. The van der Waals surface area contributed by atoms with E-state index in [9.17, 15) is 0 Å². The summed E-state index contributed by atoms with van der Waals surface area (Å²) in [5, 5.41) is 3.59. The molecule has 19 heavy (non-hydrogen) atoms. The molecule has 3 nitrogen and oxygen atoms in total. The summed E-state index contributed by atoms with van der Waals surface area (Å²) in [6.45, 7) is 1.12. The van der Waals surface area contributed by atoms with E-state index in [4.69, 9.17) is 15.9 Å². The van der Waals surface area contributed by atoms with Crippen LogP contribution in [-0.2, 0) is 11.3 Å². The third-order valence-electron chi connectivity index (χ3n) is 3.94. The van der Waals surface area contributed by atoms with Crippen molar-refractivity contribution in [3.8, 4) is 18.1 Å². The molecule has 0 radical (unpaired) electrons. The average molecular weight is 257 g/mol. The number of para-hydroxylation sites is 1. The molecule has 3 heteroatoms. The Labute approximate surface area is 114 Å². The molecule has 3 unspecified atom stereocenters. The highest BCUT2D eigenvalue weighted by molar-refractivity contribution is 5.33. The van der Waals surface area contributed by atoms with E-state index < -0.39 is 0 Å². The van der Waals surface area contributed by atoms with Crippen LogP contribution in [0, 0.1) is 12.3 Å². The van der Waals surface area contributed by atoms with Gasteiger partial charge in [0, 0.05) is 18.2 Å². The van der Waals surface area contributed by atoms with Crippen molar-refractivity contribution in [3.05, 3.63) is 29.8 Å². The van der Waals surface area contributed by atoms with Crippen LogP contribution in [0.25, 0.3) is 0 Å². The molecule has 2 heterocycles. The molecule has 1 aromatic rings. The number of hydrogen-bond acceptors (Lipinski definition) is 3. The average Bonchev–Trinajstić information content (AvgIpc) is 3.06. The van der Waals surface area contributed by atoms with E-state index in [1.165, 1.54) is 12.8 Å². The fourth-order valence-corrected chi connectivity index (χ4v) is 3.00. The molecule has 0 aromatic heterocycles. The highest BCUT2D eigenvalue weighted by atomic mass is 16.5. The van der Waals surface area contributed by atoms with E-state index in [0.29, 0.717) is 24.9 Å². The van der Waals surface area contributed by atoms with Crippen LogP contribution >= 0.6 is 0 Å². The maximum Gasteiger partial charge on any atom is 0.148 e. The summed E-state index contributed by atoms with van der Waals surface area (Å²) in [7, 11) is 0. The van der Waals surface area contributed by atoms with Crippen molar-refractivity contribution in [2.24, 2.45) is 0 Å². The van der Waals surface area contributed by atoms with Crippen molar-refractivity contribution in [1.29, 1.82) is 0 Å². The highest BCUT2D eigenvalue weighted by Crippen LogP contribution is 2.34. The second kappa shape index (κ2) is 5.64. The smallest absolute Gasteiger partial charge is 0.148 e. The fraction of sp³-hybridized carbons (Fsp3) is 0.500. The molecule has 2 fully saturated rings. The first-order valence-corrected chi connectivity index (χ1v) is 6.90. The molecule has 2 aliphatic heterocycles. The van der Waals surface area contributed by atoms with Crippen molar-refractivity contribution < 1.29 is 9.47 Å². The Balaban J connectivity index is 1.59. The van der Waals surface area contributed by atoms with Crippen molar-refractivity contribution in [3.63, 3.8) is 0 Å². The number of nitrogens with one attached hydrogen (secondary N) is 1. The van der Waals surface area contributed by atoms with E-state index in [1.54, 1.807) is 0 Å². The van der Waals surface area contributed by atoms with Crippen LogP contribution in [-0.4, -0.2) is 24.9 Å². The fourth-order valence-electron chi connectivity index (χ4n) is 3.00. The van der Waals surface area contributed by atoms with E-state index in [0.717, 1.165) is 24.3 Å². The predicted octanol–water partition coefficient (Wildman–Crippen LogP) is 2.11. The van der Waals surface area contributed by atoms with Gasteiger partial charge in [-0.1, -0.05) is 24.1 Å². The van der Waals surface area contributed by atoms with Crippen molar-refractivity contribution in [2.75, 3.05) is 6.61 Å². The van der Waals surface area contributed by atoms with Crippen molar-refractivity contribution in [2.45, 2.75) is 44.1 Å². The Morgan fingerprint density at radius 2 is 2.26 bits per heavy atom. The Morgan fingerprint density at radius 3 is 3.00 bits per heavy atom. The summed E-state index contributed by atoms with van der Waals surface area (Å²) in [5.74, 6) is 3.37. The third kappa shape index (κ3) is 2.75. The lowest BCUT2D eigenvalue weighted by Crippen LogP contribution is -2.37. The summed E-state index contributed by atoms with van der Waals surface area (Å²) in [4.78, 5) is 0. The molecule has 2 saturated heterocycles. The first-order chi connectivity index (χ1) is 9.36. The summed E-state index contributed by atoms with van der Waals surface area (Å²) in [5.41, 5.74) is 1.15. The molecule has 1 N–H and O–H groups in total. The lowest BCUT2D eigenvalue weighted by molar-refractivity contribution is 0.0972. The van der Waals surface area contributed by atoms with Crippen molar-refractivity contribution in [1.82, 2.24) is 5.32 Å². The largest absolute Gasteiger partial charge is 0.481 e. The summed E-state index contributed by atoms with van der Waals surface area (Å²) in [6.07, 6.45) is 9.68. The normalized spacial score (nSPS) is 28.3. The van der Waals surface area contributed by atoms with Gasteiger partial charge in [-0.25, -0.2) is 0 Å². The van der Waals surface area contributed by atoms with E-state index >= 15 is 0 Å². The van der Waals surface area contributed by atoms with Gasteiger partial charge in [-0.2, -0.15) is 0 Å². The van der Waals surface area contributed by atoms with Gasteiger partial charge in [0.25, 0.3) is 0 Å². The maximum absolute atomic E-state index is 5.85. The monoisotopic (exact) mass is 257 g/mol. The molecule has 3 atom stereocenters. The zero-order valence-corrected chi connectivity index (χ0v) is 11.0. The van der Waals surface area contributed by atoms with E-state index in [1.807, 2.05) is 18.2 Å². The van der Waals surface area contributed by atoms with Crippen LogP contribution in [0.2, 0.25) is 0 Å². The zero-order valence-electron chi connectivity index (χ0n) is 11.0. The Hall–Kier alpha value is -1.50. The van der Waals surface area contributed by atoms with Gasteiger partial charge in [-0.05, 0) is 25.3 Å². The Kier molecular flexibility index (Phi) is 3.72. The minimum Gasteiger partial charge on any atom is -0.481 e. The van der Waals surface area contributed by atoms with Crippen LogP contribution in [0.15, 0.2) is 24.3 Å². The van der Waals surface area contributed by atoms with Gasteiger partial charge in [-0.15, -0.1) is 6.42 Å². The number of rotatable bonds is 5. The summed E-state index contributed by atoms with van der Waals surface area (Å²) >= 11 is 0. The van der Waals surface area contributed by atoms with E-state index in [2.05, 4.69) is 17.3 Å². The van der Waals surface area contributed by atoms with Gasteiger partial charge < -0.3 is 14.8 Å². The molecular formula is C16H19NO2. The second-order valence-corrected chi connectivity index (χ2v) is 5.20. The van der Waals surface area contributed by atoms with Gasteiger partial charge in [0.05, 0.1) is 12.2 Å². The van der Waals surface area contributed by atoms with Gasteiger partial charge in [0.2, 0.25) is 0 Å². The molecular weight excluding hydrogens is 238 g/mol. The van der Waals surface area contributed by atoms with Crippen molar-refractivity contribution >= 4 is 0 Å².